The van der Waals surface area contributed by atoms with Gasteiger partial charge in [-0.3, -0.25) is 14.4 Å². The molecule has 0 unspecified atom stereocenters. The summed E-state index contributed by atoms with van der Waals surface area (Å²) in [6, 6.07) is 5.98. The van der Waals surface area contributed by atoms with Crippen molar-refractivity contribution in [2.75, 3.05) is 43.2 Å². The van der Waals surface area contributed by atoms with Crippen molar-refractivity contribution in [1.82, 2.24) is 34.0 Å². The molecule has 0 bridgehead atoms. The molecule has 280 valence electrons. The molecular formula is C35H31ClF3N9O6. The number of aromatic nitrogens is 6. The third-order valence-electron chi connectivity index (χ3n) is 9.89. The van der Waals surface area contributed by atoms with E-state index in [0.717, 1.165) is 10.6 Å². The summed E-state index contributed by atoms with van der Waals surface area (Å²) >= 11 is 6.33. The summed E-state index contributed by atoms with van der Waals surface area (Å²) in [5.74, 6) is -0.380. The maximum absolute atomic E-state index is 14.4. The number of rotatable bonds is 7. The van der Waals surface area contributed by atoms with Crippen molar-refractivity contribution in [2.24, 2.45) is 0 Å². The molecule has 0 saturated carbocycles. The quantitative estimate of drug-likeness (QED) is 0.246. The number of hydrogen-bond donors (Lipinski definition) is 2. The number of amides is 2. The zero-order chi connectivity index (χ0) is 38.1. The highest BCUT2D eigenvalue weighted by molar-refractivity contribution is 6.34. The van der Waals surface area contributed by atoms with Crippen LogP contribution in [0.4, 0.5) is 24.5 Å². The molecule has 0 spiro atoms. The van der Waals surface area contributed by atoms with E-state index in [-0.39, 0.29) is 96.5 Å². The van der Waals surface area contributed by atoms with Gasteiger partial charge in [0.15, 0.2) is 28.8 Å². The van der Waals surface area contributed by atoms with Gasteiger partial charge in [0.1, 0.15) is 18.6 Å². The Hall–Kier alpha value is -5.91. The van der Waals surface area contributed by atoms with Gasteiger partial charge in [-0.15, -0.1) is 5.10 Å². The molecule has 2 aromatic carbocycles. The minimum atomic E-state index is -4.60. The zero-order valence-corrected chi connectivity index (χ0v) is 29.6. The summed E-state index contributed by atoms with van der Waals surface area (Å²) in [5, 5.41) is 17.5. The number of nitrogens with zero attached hydrogens (tertiary/aromatic N) is 8. The number of anilines is 2. The zero-order valence-electron chi connectivity index (χ0n) is 28.8. The maximum atomic E-state index is 14.4. The number of nitrogens with one attached hydrogen (secondary N) is 1. The molecule has 0 atom stereocenters. The van der Waals surface area contributed by atoms with E-state index in [9.17, 15) is 32.7 Å². The molecule has 1 aliphatic carbocycles. The van der Waals surface area contributed by atoms with Crippen molar-refractivity contribution in [2.45, 2.75) is 45.8 Å². The van der Waals surface area contributed by atoms with Gasteiger partial charge in [0.2, 0.25) is 18.5 Å². The van der Waals surface area contributed by atoms with E-state index in [0.29, 0.717) is 34.7 Å². The lowest BCUT2D eigenvalue weighted by molar-refractivity contribution is -0.138. The highest BCUT2D eigenvalue weighted by Crippen LogP contribution is 2.45. The fourth-order valence-electron chi connectivity index (χ4n) is 7.14. The first-order valence-electron chi connectivity index (χ1n) is 17.0. The van der Waals surface area contributed by atoms with Crippen LogP contribution >= 0.6 is 11.6 Å². The Bertz CT molecular complexity index is 2440. The van der Waals surface area contributed by atoms with Gasteiger partial charge in [0.05, 0.1) is 33.2 Å². The summed E-state index contributed by atoms with van der Waals surface area (Å²) < 4.78 is 54.9. The largest absolute Gasteiger partial charge is 0.504 e. The number of ether oxygens (including phenoxy) is 2. The SMILES string of the molecule is CCc1c(N2CCN(C(=O)c3ncnc(C)c3O)CC2)c(=O)n2nc(-c3cccc4c3OCO4)nc2n1CC(=O)Nc1c(Cl)cc(C(F)(F)F)c2c1CC2. The molecule has 2 N–H and O–H groups in total. The minimum Gasteiger partial charge on any atom is -0.504 e. The molecule has 1 fully saturated rings. The van der Waals surface area contributed by atoms with E-state index in [1.54, 1.807) is 34.6 Å². The molecule has 15 nitrogen and oxygen atoms in total. The molecule has 19 heteroatoms. The van der Waals surface area contributed by atoms with Gasteiger partial charge in [0.25, 0.3) is 11.5 Å². The Morgan fingerprint density at radius 2 is 1.83 bits per heavy atom. The number of alkyl halides is 3. The second-order valence-corrected chi connectivity index (χ2v) is 13.4. The first kappa shape index (κ1) is 35.1. The van der Waals surface area contributed by atoms with Crippen LogP contribution in [0, 0.1) is 6.92 Å². The summed E-state index contributed by atoms with van der Waals surface area (Å²) in [7, 11) is 0. The molecule has 0 radical (unpaired) electrons. The molecule has 1 saturated heterocycles. The lowest BCUT2D eigenvalue weighted by atomic mass is 9.83. The van der Waals surface area contributed by atoms with Crippen LogP contribution in [-0.4, -0.2) is 83.9 Å². The lowest BCUT2D eigenvalue weighted by Crippen LogP contribution is -2.51. The van der Waals surface area contributed by atoms with Gasteiger partial charge in [-0.05, 0) is 55.5 Å². The van der Waals surface area contributed by atoms with Crippen molar-refractivity contribution >= 4 is 40.6 Å². The van der Waals surface area contributed by atoms with E-state index in [1.165, 1.54) is 11.2 Å². The lowest BCUT2D eigenvalue weighted by Gasteiger charge is -2.36. The Morgan fingerprint density at radius 3 is 2.54 bits per heavy atom. The molecule has 8 rings (SSSR count). The molecule has 2 aliphatic heterocycles. The van der Waals surface area contributed by atoms with Crippen molar-refractivity contribution < 1.29 is 37.3 Å². The number of fused-ring (bicyclic) bond motifs is 3. The third-order valence-corrected chi connectivity index (χ3v) is 10.2. The van der Waals surface area contributed by atoms with Crippen LogP contribution in [0.3, 0.4) is 0 Å². The summed E-state index contributed by atoms with van der Waals surface area (Å²) in [5.41, 5.74) is 0.451. The number of carbonyl (C=O) groups excluding carboxylic acids is 2. The normalized spacial score (nSPS) is 15.0. The molecular weight excluding hydrogens is 735 g/mol. The smallest absolute Gasteiger partial charge is 0.416 e. The number of halogens is 4. The van der Waals surface area contributed by atoms with Gasteiger partial charge >= 0.3 is 6.18 Å². The molecule has 2 amide bonds. The van der Waals surface area contributed by atoms with Gasteiger partial charge in [0, 0.05) is 26.2 Å². The second kappa shape index (κ2) is 13.2. The van der Waals surface area contributed by atoms with Crippen LogP contribution < -0.4 is 25.2 Å². The second-order valence-electron chi connectivity index (χ2n) is 12.9. The molecule has 3 aromatic heterocycles. The molecule has 54 heavy (non-hydrogen) atoms. The van der Waals surface area contributed by atoms with Crippen molar-refractivity contribution in [3.05, 3.63) is 79.7 Å². The van der Waals surface area contributed by atoms with Crippen LogP contribution in [0.25, 0.3) is 17.2 Å². The van der Waals surface area contributed by atoms with Gasteiger partial charge < -0.3 is 34.3 Å². The van der Waals surface area contributed by atoms with Crippen LogP contribution in [0.15, 0.2) is 35.4 Å². The number of aryl methyl sites for hydroxylation is 1. The topological polar surface area (TPSA) is 169 Å². The summed E-state index contributed by atoms with van der Waals surface area (Å²) in [4.78, 5) is 57.4. The van der Waals surface area contributed by atoms with Gasteiger partial charge in [-0.2, -0.15) is 22.7 Å². The standard InChI is InChI=1S/C35H31ClF3N9O6/c1-3-23-28(45-9-11-46(12-10-45)32(51)27-29(50)17(2)40-15-41-27)33(52)48-34(43-31(44-48)20-5-4-6-24-30(20)54-16-53-24)47(23)14-25(49)42-26-19-8-7-18(19)21(13-22(26)36)35(37,38)39/h4-6,13,15,50H,3,7-12,14,16H2,1-2H3,(H,42,49). The van der Waals surface area contributed by atoms with Crippen LogP contribution in [0.1, 0.15) is 45.5 Å². The maximum Gasteiger partial charge on any atom is 0.416 e. The number of hydrogen-bond acceptors (Lipinski definition) is 11. The number of aromatic hydroxyl groups is 1. The monoisotopic (exact) mass is 765 g/mol. The van der Waals surface area contributed by atoms with Crippen LogP contribution in [0.5, 0.6) is 17.2 Å². The van der Waals surface area contributed by atoms with E-state index < -0.39 is 35.7 Å². The predicted molar refractivity (Wildman–Crippen MR) is 187 cm³/mol. The Kier molecular flexibility index (Phi) is 8.58. The molecule has 3 aliphatic rings. The fraction of sp³-hybridized carbons (Fsp3) is 0.343. The third kappa shape index (κ3) is 5.80. The number of benzene rings is 2. The predicted octanol–water partition coefficient (Wildman–Crippen LogP) is 4.03. The van der Waals surface area contributed by atoms with Crippen molar-refractivity contribution in [3.8, 4) is 28.6 Å². The van der Waals surface area contributed by atoms with Crippen molar-refractivity contribution in [3.63, 3.8) is 0 Å². The first-order chi connectivity index (χ1) is 25.8. The minimum absolute atomic E-state index is 0.0159. The Morgan fingerprint density at radius 1 is 1.07 bits per heavy atom. The Balaban J connectivity index is 1.18. The Labute approximate surface area is 308 Å². The highest BCUT2D eigenvalue weighted by atomic mass is 35.5. The van der Waals surface area contributed by atoms with Crippen LogP contribution in [-0.2, 0) is 36.8 Å². The summed E-state index contributed by atoms with van der Waals surface area (Å²) in [6.45, 7) is 3.73. The summed E-state index contributed by atoms with van der Waals surface area (Å²) in [6.07, 6.45) is -2.62. The number of carbonyl (C=O) groups is 2. The van der Waals surface area contributed by atoms with E-state index in [2.05, 4.69) is 20.4 Å². The van der Waals surface area contributed by atoms with Crippen molar-refractivity contribution in [1.29, 1.82) is 0 Å². The average molecular weight is 766 g/mol. The number of para-hydroxylation sites is 1. The highest BCUT2D eigenvalue weighted by Gasteiger charge is 2.39. The average Bonchev–Trinajstić information content (AvgIpc) is 3.80. The van der Waals surface area contributed by atoms with E-state index >= 15 is 0 Å². The molecule has 5 aromatic rings. The van der Waals surface area contributed by atoms with E-state index in [1.807, 2.05) is 6.92 Å². The van der Waals surface area contributed by atoms with E-state index in [4.69, 9.17) is 26.1 Å². The molecule has 5 heterocycles. The fourth-order valence-corrected chi connectivity index (χ4v) is 7.42. The van der Waals surface area contributed by atoms with Crippen LogP contribution in [0.2, 0.25) is 5.02 Å². The van der Waals surface area contributed by atoms with Gasteiger partial charge in [-0.1, -0.05) is 24.6 Å². The van der Waals surface area contributed by atoms with Gasteiger partial charge in [-0.25, -0.2) is 9.97 Å². The number of piperazine rings is 1. The first-order valence-corrected chi connectivity index (χ1v) is 17.4.